The number of carbonyl (C=O) groups is 1. The van der Waals surface area contributed by atoms with Crippen LogP contribution in [0.5, 0.6) is 23.0 Å². The van der Waals surface area contributed by atoms with Crippen molar-refractivity contribution in [3.05, 3.63) is 106 Å². The second-order valence-corrected chi connectivity index (χ2v) is 8.90. The maximum Gasteiger partial charge on any atom is 0.271 e. The summed E-state index contributed by atoms with van der Waals surface area (Å²) < 4.78 is 52.4. The number of methoxy groups -OCH3 is 1. The number of halogens is 2. The molecule has 0 aliphatic carbocycles. The number of carbonyl (C=O) groups excluding carboxylic acids is 1. The van der Waals surface area contributed by atoms with Crippen molar-refractivity contribution in [2.45, 2.75) is 6.92 Å². The maximum atomic E-state index is 15.2. The quantitative estimate of drug-likeness (QED) is 0.208. The molecule has 1 aliphatic heterocycles. The van der Waals surface area contributed by atoms with Gasteiger partial charge in [-0.15, -0.1) is 0 Å². The normalized spacial score (nSPS) is 12.4. The highest BCUT2D eigenvalue weighted by atomic mass is 19.1. The first kappa shape index (κ1) is 28.1. The van der Waals surface area contributed by atoms with Crippen LogP contribution in [0, 0.1) is 11.6 Å². The minimum absolute atomic E-state index is 0.0158. The van der Waals surface area contributed by atoms with Gasteiger partial charge in [0.2, 0.25) is 0 Å². The number of hydrogen-bond acceptors (Lipinski definition) is 7. The van der Waals surface area contributed by atoms with E-state index in [1.54, 1.807) is 25.1 Å². The number of aliphatic imine (C=N–C) groups is 1. The van der Waals surface area contributed by atoms with Crippen LogP contribution in [0.4, 0.5) is 20.2 Å². The van der Waals surface area contributed by atoms with E-state index < -0.39 is 23.1 Å². The number of nitrogens with one attached hydrogen (secondary N) is 1. The summed E-state index contributed by atoms with van der Waals surface area (Å²) >= 11 is 0. The van der Waals surface area contributed by atoms with Crippen molar-refractivity contribution in [3.63, 3.8) is 0 Å². The van der Waals surface area contributed by atoms with Crippen molar-refractivity contribution in [2.75, 3.05) is 25.6 Å². The molecule has 0 unspecified atom stereocenters. The molecule has 0 fully saturated rings. The summed E-state index contributed by atoms with van der Waals surface area (Å²) in [5.41, 5.74) is 0.0181. The van der Waals surface area contributed by atoms with E-state index in [9.17, 15) is 14.0 Å². The lowest BCUT2D eigenvalue weighted by atomic mass is 10.1. The number of amides is 1. The van der Waals surface area contributed by atoms with Crippen LogP contribution in [-0.2, 0) is 0 Å². The molecule has 0 saturated carbocycles. The van der Waals surface area contributed by atoms with Crippen molar-refractivity contribution in [3.8, 4) is 28.7 Å². The number of anilines is 1. The molecule has 42 heavy (non-hydrogen) atoms. The summed E-state index contributed by atoms with van der Waals surface area (Å²) in [6.07, 6.45) is 3.06. The van der Waals surface area contributed by atoms with Crippen LogP contribution in [0.15, 0.2) is 82.7 Å². The molecular weight excluding hydrogens is 548 g/mol. The number of pyridine rings is 1. The molecule has 9 nitrogen and oxygen atoms in total. The lowest BCUT2D eigenvalue weighted by Gasteiger charge is -2.23. The lowest BCUT2D eigenvalue weighted by molar-refractivity contribution is 0.102. The first-order chi connectivity index (χ1) is 20.3. The van der Waals surface area contributed by atoms with Crippen LogP contribution in [0.25, 0.3) is 11.4 Å². The van der Waals surface area contributed by atoms with Crippen molar-refractivity contribution in [1.82, 2.24) is 4.57 Å². The van der Waals surface area contributed by atoms with Gasteiger partial charge in [-0.05, 0) is 74.3 Å². The average molecular weight is 574 g/mol. The highest BCUT2D eigenvalue weighted by Gasteiger charge is 2.24. The largest absolute Gasteiger partial charge is 0.496 e. The lowest BCUT2D eigenvalue weighted by Crippen LogP contribution is -2.29. The molecule has 0 saturated heterocycles. The molecular formula is C31H25F2N3O6. The van der Waals surface area contributed by atoms with Crippen LogP contribution >= 0.6 is 0 Å². The molecule has 2 heterocycles. The first-order valence-electron chi connectivity index (χ1n) is 12.7. The Balaban J connectivity index is 1.41. The Labute approximate surface area is 239 Å². The SMILES string of the molecule is C=Nc1ccc2c(c1/C(=C\C)Oc1ccc(NC(=O)c3c(OC)ccn(-c4ccc(F)cc4)c3=O)c(F)c1)OCCO2. The highest BCUT2D eigenvalue weighted by molar-refractivity contribution is 6.06. The Morgan fingerprint density at radius 2 is 1.81 bits per heavy atom. The zero-order chi connectivity index (χ0) is 29.8. The fourth-order valence-electron chi connectivity index (χ4n) is 4.41. The van der Waals surface area contributed by atoms with Gasteiger partial charge in [0.1, 0.15) is 47.7 Å². The maximum absolute atomic E-state index is 15.2. The van der Waals surface area contributed by atoms with Crippen molar-refractivity contribution in [2.24, 2.45) is 4.99 Å². The first-order valence-corrected chi connectivity index (χ1v) is 12.7. The Kier molecular flexibility index (Phi) is 8.00. The second-order valence-electron chi connectivity index (χ2n) is 8.90. The van der Waals surface area contributed by atoms with Crippen LogP contribution in [0.1, 0.15) is 22.8 Å². The van der Waals surface area contributed by atoms with Crippen molar-refractivity contribution >= 4 is 29.8 Å². The van der Waals surface area contributed by atoms with Gasteiger partial charge in [0.25, 0.3) is 11.5 Å². The van der Waals surface area contributed by atoms with Gasteiger partial charge in [-0.3, -0.25) is 19.1 Å². The van der Waals surface area contributed by atoms with E-state index in [1.165, 1.54) is 55.8 Å². The number of hydrogen-bond donors (Lipinski definition) is 1. The second kappa shape index (κ2) is 12.0. The summed E-state index contributed by atoms with van der Waals surface area (Å²) in [6.45, 7) is 6.08. The van der Waals surface area contributed by atoms with Gasteiger partial charge >= 0.3 is 0 Å². The van der Waals surface area contributed by atoms with Gasteiger partial charge in [0, 0.05) is 18.0 Å². The number of ether oxygens (including phenoxy) is 4. The van der Waals surface area contributed by atoms with Gasteiger partial charge < -0.3 is 24.3 Å². The third-order valence-corrected chi connectivity index (χ3v) is 6.39. The topological polar surface area (TPSA) is 100 Å². The van der Waals surface area contributed by atoms with Gasteiger partial charge in [0.15, 0.2) is 11.5 Å². The fourth-order valence-corrected chi connectivity index (χ4v) is 4.41. The number of rotatable bonds is 8. The molecule has 0 bridgehead atoms. The molecule has 4 aromatic rings. The molecule has 0 spiro atoms. The summed E-state index contributed by atoms with van der Waals surface area (Å²) in [4.78, 5) is 30.5. The Morgan fingerprint density at radius 1 is 1.05 bits per heavy atom. The predicted octanol–water partition coefficient (Wildman–Crippen LogP) is 5.92. The highest BCUT2D eigenvalue weighted by Crippen LogP contribution is 2.44. The van der Waals surface area contributed by atoms with E-state index in [2.05, 4.69) is 17.0 Å². The fraction of sp³-hybridized carbons (Fsp3) is 0.129. The molecule has 11 heteroatoms. The molecule has 1 aromatic heterocycles. The van der Waals surface area contributed by atoms with E-state index in [0.717, 1.165) is 10.6 Å². The summed E-state index contributed by atoms with van der Waals surface area (Å²) in [5.74, 6) is -0.807. The molecule has 1 N–H and O–H groups in total. The summed E-state index contributed by atoms with van der Waals surface area (Å²) in [6, 6.07) is 13.8. The Morgan fingerprint density at radius 3 is 2.50 bits per heavy atom. The van der Waals surface area contributed by atoms with E-state index in [-0.39, 0.29) is 22.7 Å². The smallest absolute Gasteiger partial charge is 0.271 e. The average Bonchev–Trinajstić information content (AvgIpc) is 3.00. The minimum atomic E-state index is -0.898. The van der Waals surface area contributed by atoms with Crippen molar-refractivity contribution in [1.29, 1.82) is 0 Å². The predicted molar refractivity (Wildman–Crippen MR) is 154 cm³/mol. The van der Waals surface area contributed by atoms with Gasteiger partial charge in [-0.1, -0.05) is 0 Å². The standard InChI is InChI=1S/C31H25F2N3O6/c1-4-24(27-23(34-2)11-12-26-29(27)41-16-15-40-26)42-20-9-10-22(21(33)17-20)35-30(37)28-25(39-3)13-14-36(31(28)38)19-7-5-18(32)6-8-19/h4-14,17H,2,15-16H2,1,3H3,(H,35,37)/b24-4+. The minimum Gasteiger partial charge on any atom is -0.496 e. The third kappa shape index (κ3) is 5.44. The van der Waals surface area contributed by atoms with E-state index >= 15 is 4.39 Å². The molecule has 214 valence electrons. The third-order valence-electron chi connectivity index (χ3n) is 6.39. The van der Waals surface area contributed by atoms with Crippen LogP contribution in [0.2, 0.25) is 0 Å². The number of benzene rings is 3. The molecule has 1 amide bonds. The van der Waals surface area contributed by atoms with Crippen molar-refractivity contribution < 1.29 is 32.5 Å². The number of allylic oxidation sites excluding steroid dienone is 1. The summed E-state index contributed by atoms with van der Waals surface area (Å²) in [5, 5.41) is 2.42. The van der Waals surface area contributed by atoms with Crippen LogP contribution in [-0.4, -0.2) is 37.5 Å². The monoisotopic (exact) mass is 573 g/mol. The van der Waals surface area contributed by atoms with Gasteiger partial charge in [-0.25, -0.2) is 8.78 Å². The molecule has 1 aliphatic rings. The number of nitrogens with zero attached hydrogens (tertiary/aromatic N) is 2. The Hall–Kier alpha value is -5.45. The molecule has 0 atom stereocenters. The molecule has 5 rings (SSSR count). The van der Waals surface area contributed by atoms with E-state index in [4.69, 9.17) is 18.9 Å². The van der Waals surface area contributed by atoms with E-state index in [1.807, 2.05) is 0 Å². The van der Waals surface area contributed by atoms with Gasteiger partial charge in [0.05, 0.1) is 24.0 Å². The molecule has 0 radical (unpaired) electrons. The van der Waals surface area contributed by atoms with Gasteiger partial charge in [-0.2, -0.15) is 0 Å². The number of fused-ring (bicyclic) bond motifs is 1. The summed E-state index contributed by atoms with van der Waals surface area (Å²) in [7, 11) is 1.30. The Bertz CT molecular complexity index is 1770. The van der Waals surface area contributed by atoms with Crippen LogP contribution in [0.3, 0.4) is 0 Å². The zero-order valence-corrected chi connectivity index (χ0v) is 22.6. The number of aromatic nitrogens is 1. The zero-order valence-electron chi connectivity index (χ0n) is 22.6. The van der Waals surface area contributed by atoms with Crippen LogP contribution < -0.4 is 29.8 Å². The molecule has 3 aromatic carbocycles. The van der Waals surface area contributed by atoms with E-state index in [0.29, 0.717) is 47.4 Å².